The van der Waals surface area contributed by atoms with Gasteiger partial charge >= 0.3 is 6.18 Å². The predicted molar refractivity (Wildman–Crippen MR) is 182 cm³/mol. The lowest BCUT2D eigenvalue weighted by Gasteiger charge is -2.28. The molecule has 0 bridgehead atoms. The molecule has 3 aromatic carbocycles. The summed E-state index contributed by atoms with van der Waals surface area (Å²) in [7, 11) is 5.60. The average molecular weight is 696 g/mol. The zero-order valence-electron chi connectivity index (χ0n) is 28.2. The molecule has 6 aromatic rings. The molecule has 0 spiro atoms. The summed E-state index contributed by atoms with van der Waals surface area (Å²) in [4.78, 5) is 32.7. The third-order valence-corrected chi connectivity index (χ3v) is 8.36. The minimum absolute atomic E-state index is 0.0938. The van der Waals surface area contributed by atoms with E-state index >= 15 is 0 Å². The first kappa shape index (κ1) is 34.7. The largest absolute Gasteiger partial charge is 0.437 e. The van der Waals surface area contributed by atoms with Gasteiger partial charge in [-0.1, -0.05) is 36.4 Å². The lowest BCUT2D eigenvalue weighted by atomic mass is 10.1. The van der Waals surface area contributed by atoms with Gasteiger partial charge in [0, 0.05) is 12.6 Å². The van der Waals surface area contributed by atoms with Gasteiger partial charge in [-0.2, -0.15) is 23.5 Å². The molecule has 0 saturated heterocycles. The molecule has 0 aliphatic carbocycles. The smallest absolute Gasteiger partial charge is 0.416 e. The quantitative estimate of drug-likeness (QED) is 0.171. The molecule has 1 N–H and O–H groups in total. The molecule has 0 aliphatic heterocycles. The normalized spacial score (nSPS) is 12.4. The Balaban J connectivity index is 1.36. The SMILES string of the molecule is C[C@H](NC(=O)c1c(-c2ccnn2-c2ccc(C#N)cc2)n(C)n(-c2cccc(C(F)(F)F)c2)c1=O)c1ncc(C[N+](C)(C)Cc2ccccc2)o1. The molecule has 1 atom stereocenters. The molecule has 3 aromatic heterocycles. The first-order valence-electron chi connectivity index (χ1n) is 15.9. The van der Waals surface area contributed by atoms with Crippen LogP contribution in [0.3, 0.4) is 0 Å². The summed E-state index contributed by atoms with van der Waals surface area (Å²) in [5, 5.41) is 16.4. The molecule has 6 rings (SSSR count). The number of alkyl halides is 3. The van der Waals surface area contributed by atoms with Crippen LogP contribution in [0.4, 0.5) is 13.2 Å². The van der Waals surface area contributed by atoms with Crippen molar-refractivity contribution in [2.24, 2.45) is 7.05 Å². The number of amides is 1. The van der Waals surface area contributed by atoms with Crippen molar-refractivity contribution in [3.63, 3.8) is 0 Å². The van der Waals surface area contributed by atoms with Crippen LogP contribution in [-0.2, 0) is 26.3 Å². The first-order chi connectivity index (χ1) is 24.3. The number of hydrogen-bond donors (Lipinski definition) is 1. The molecule has 51 heavy (non-hydrogen) atoms. The van der Waals surface area contributed by atoms with Gasteiger partial charge in [0.2, 0.25) is 5.89 Å². The second-order valence-electron chi connectivity index (χ2n) is 12.8. The van der Waals surface area contributed by atoms with Gasteiger partial charge in [-0.15, -0.1) is 0 Å². The van der Waals surface area contributed by atoms with Crippen LogP contribution in [0.25, 0.3) is 22.8 Å². The van der Waals surface area contributed by atoms with Crippen molar-refractivity contribution in [3.05, 3.63) is 142 Å². The molecule has 1 amide bonds. The lowest BCUT2D eigenvalue weighted by Crippen LogP contribution is -2.37. The number of nitriles is 1. The number of rotatable bonds is 10. The molecule has 0 saturated carbocycles. The second-order valence-corrected chi connectivity index (χ2v) is 12.8. The van der Waals surface area contributed by atoms with Crippen molar-refractivity contribution in [1.29, 1.82) is 5.26 Å². The minimum atomic E-state index is -4.66. The number of quaternary nitrogens is 1. The van der Waals surface area contributed by atoms with Crippen LogP contribution in [0.2, 0.25) is 0 Å². The standard InChI is InChI=1S/C37H33F3N8O3/c1-24(35-42-21-30(51-35)23-48(3,4)22-26-9-6-5-7-10-26)44-34(49)32-33(31-17-18-43-46(31)28-15-13-25(20-41)14-16-28)45(2)47(36(32)50)29-12-8-11-27(19-29)37(38,39)40/h5-19,21,24H,22-23H2,1-4H3/p+1/t24-/m0/s1. The Bertz CT molecular complexity index is 2290. The predicted octanol–water partition coefficient (Wildman–Crippen LogP) is 6.17. The number of oxazole rings is 1. The number of hydrogen-bond acceptors (Lipinski definition) is 6. The Kier molecular flexibility index (Phi) is 9.24. The Morgan fingerprint density at radius 3 is 2.41 bits per heavy atom. The van der Waals surface area contributed by atoms with Crippen LogP contribution < -0.4 is 10.9 Å². The fourth-order valence-corrected chi connectivity index (χ4v) is 6.06. The summed E-state index contributed by atoms with van der Waals surface area (Å²) in [6.45, 7) is 2.93. The third-order valence-electron chi connectivity index (χ3n) is 8.36. The third kappa shape index (κ3) is 7.24. The Morgan fingerprint density at radius 1 is 1.00 bits per heavy atom. The molecule has 260 valence electrons. The summed E-state index contributed by atoms with van der Waals surface area (Å²) in [6.07, 6.45) is -1.59. The van der Waals surface area contributed by atoms with E-state index in [0.717, 1.165) is 28.9 Å². The van der Waals surface area contributed by atoms with E-state index in [9.17, 15) is 28.0 Å². The highest BCUT2D eigenvalue weighted by atomic mass is 19.4. The summed E-state index contributed by atoms with van der Waals surface area (Å²) in [6, 6.07) is 23.7. The Labute approximate surface area is 291 Å². The molecule has 11 nitrogen and oxygen atoms in total. The number of aromatic nitrogens is 5. The topological polar surface area (TPSA) is 124 Å². The van der Waals surface area contributed by atoms with E-state index in [-0.39, 0.29) is 22.8 Å². The van der Waals surface area contributed by atoms with E-state index in [1.54, 1.807) is 43.5 Å². The van der Waals surface area contributed by atoms with Crippen molar-refractivity contribution in [3.8, 4) is 28.8 Å². The summed E-state index contributed by atoms with van der Waals surface area (Å²) in [5.74, 6) is 0.0263. The average Bonchev–Trinajstić information content (AvgIpc) is 3.82. The van der Waals surface area contributed by atoms with Crippen molar-refractivity contribution in [1.82, 2.24) is 29.4 Å². The van der Waals surface area contributed by atoms with Crippen molar-refractivity contribution in [2.75, 3.05) is 14.1 Å². The zero-order valence-corrected chi connectivity index (χ0v) is 28.2. The van der Waals surface area contributed by atoms with Crippen LogP contribution in [0.1, 0.15) is 51.7 Å². The van der Waals surface area contributed by atoms with Gasteiger partial charge in [-0.05, 0) is 55.5 Å². The Hall–Kier alpha value is -6.20. The lowest BCUT2D eigenvalue weighted by molar-refractivity contribution is -0.917. The Morgan fingerprint density at radius 2 is 1.73 bits per heavy atom. The van der Waals surface area contributed by atoms with E-state index in [4.69, 9.17) is 4.42 Å². The van der Waals surface area contributed by atoms with Crippen LogP contribution in [-0.4, -0.2) is 48.6 Å². The second kappa shape index (κ2) is 13.6. The molecule has 14 heteroatoms. The van der Waals surface area contributed by atoms with Gasteiger partial charge in [0.05, 0.1) is 60.8 Å². The van der Waals surface area contributed by atoms with Crippen molar-refractivity contribution in [2.45, 2.75) is 32.2 Å². The van der Waals surface area contributed by atoms with Crippen LogP contribution in [0.15, 0.2) is 107 Å². The number of halogens is 3. The summed E-state index contributed by atoms with van der Waals surface area (Å²) >= 11 is 0. The van der Waals surface area contributed by atoms with E-state index in [1.807, 2.05) is 18.2 Å². The van der Waals surface area contributed by atoms with Gasteiger partial charge in [0.25, 0.3) is 11.5 Å². The number of benzene rings is 3. The van der Waals surface area contributed by atoms with E-state index in [2.05, 4.69) is 47.7 Å². The monoisotopic (exact) mass is 695 g/mol. The highest BCUT2D eigenvalue weighted by Gasteiger charge is 2.33. The van der Waals surface area contributed by atoms with Gasteiger partial charge in [-0.3, -0.25) is 14.3 Å². The number of carbonyl (C=O) groups excluding carboxylic acids is 1. The summed E-state index contributed by atoms with van der Waals surface area (Å²) in [5.41, 5.74) is 0.272. The molecular weight excluding hydrogens is 661 g/mol. The molecular formula is C37H34F3N8O3+. The van der Waals surface area contributed by atoms with Crippen LogP contribution >= 0.6 is 0 Å². The molecule has 3 heterocycles. The number of carbonyl (C=O) groups is 1. The van der Waals surface area contributed by atoms with Gasteiger partial charge in [-0.25, -0.2) is 14.3 Å². The van der Waals surface area contributed by atoms with Gasteiger partial charge in [0.1, 0.15) is 30.4 Å². The van der Waals surface area contributed by atoms with Gasteiger partial charge < -0.3 is 14.2 Å². The molecule has 0 unspecified atom stereocenters. The molecule has 0 radical (unpaired) electrons. The molecule has 0 fully saturated rings. The maximum absolute atomic E-state index is 14.2. The van der Waals surface area contributed by atoms with E-state index in [0.29, 0.717) is 33.7 Å². The highest BCUT2D eigenvalue weighted by Crippen LogP contribution is 2.32. The number of nitrogens with zero attached hydrogens (tertiary/aromatic N) is 7. The van der Waals surface area contributed by atoms with E-state index < -0.39 is 29.2 Å². The number of nitrogens with one attached hydrogen (secondary N) is 1. The first-order valence-corrected chi connectivity index (χ1v) is 15.9. The fraction of sp³-hybridized carbons (Fsp3) is 0.216. The van der Waals surface area contributed by atoms with Crippen LogP contribution in [0, 0.1) is 11.3 Å². The maximum atomic E-state index is 14.2. The van der Waals surface area contributed by atoms with Crippen molar-refractivity contribution >= 4 is 5.91 Å². The van der Waals surface area contributed by atoms with Crippen LogP contribution in [0.5, 0.6) is 0 Å². The molecule has 0 aliphatic rings. The van der Waals surface area contributed by atoms with E-state index in [1.165, 1.54) is 34.7 Å². The minimum Gasteiger partial charge on any atom is -0.437 e. The van der Waals surface area contributed by atoms with Crippen molar-refractivity contribution < 1.29 is 26.9 Å². The zero-order chi connectivity index (χ0) is 36.5. The summed E-state index contributed by atoms with van der Waals surface area (Å²) < 4.78 is 51.6. The fourth-order valence-electron chi connectivity index (χ4n) is 6.06. The van der Waals surface area contributed by atoms with Gasteiger partial charge in [0.15, 0.2) is 5.76 Å². The maximum Gasteiger partial charge on any atom is 0.416 e. The highest BCUT2D eigenvalue weighted by molar-refractivity contribution is 6.00.